The van der Waals surface area contributed by atoms with E-state index in [2.05, 4.69) is 20.1 Å². The smallest absolute Gasteiger partial charge is 0.258 e. The van der Waals surface area contributed by atoms with Crippen molar-refractivity contribution in [3.8, 4) is 11.5 Å². The molecule has 152 valence electrons. The number of aromatic nitrogens is 4. The van der Waals surface area contributed by atoms with E-state index in [9.17, 15) is 9.18 Å². The van der Waals surface area contributed by atoms with Gasteiger partial charge in [-0.25, -0.2) is 9.37 Å². The molecular weight excluding hydrogens is 385 g/mol. The molecule has 8 heteroatoms. The SMILES string of the molecule is O=c1cc(CN2CCCCC2c2nnc(-c3ccccc3F)o2)nc2ccccn12. The monoisotopic (exact) mass is 405 g/mol. The fourth-order valence-electron chi connectivity index (χ4n) is 3.96. The molecule has 0 amide bonds. The largest absolute Gasteiger partial charge is 0.419 e. The van der Waals surface area contributed by atoms with Gasteiger partial charge in [-0.05, 0) is 43.7 Å². The minimum Gasteiger partial charge on any atom is -0.419 e. The van der Waals surface area contributed by atoms with Crippen LogP contribution < -0.4 is 5.56 Å². The minimum atomic E-state index is -0.394. The number of benzene rings is 1. The predicted molar refractivity (Wildman–Crippen MR) is 108 cm³/mol. The molecule has 1 aliphatic rings. The average Bonchev–Trinajstić information content (AvgIpc) is 3.24. The number of piperidine rings is 1. The number of likely N-dealkylation sites (tertiary alicyclic amines) is 1. The molecule has 4 heterocycles. The standard InChI is InChI=1S/C22H20FN5O2/c23-17-8-2-1-7-16(17)21-25-26-22(30-21)18-9-3-5-11-27(18)14-15-13-20(29)28-12-6-4-10-19(28)24-15/h1-2,4,6-8,10,12-13,18H,3,5,9,11,14H2. The van der Waals surface area contributed by atoms with Gasteiger partial charge < -0.3 is 4.42 Å². The van der Waals surface area contributed by atoms with Crippen LogP contribution in [0.5, 0.6) is 0 Å². The summed E-state index contributed by atoms with van der Waals surface area (Å²) in [4.78, 5) is 19.2. The minimum absolute atomic E-state index is 0.0946. The van der Waals surface area contributed by atoms with Crippen molar-refractivity contribution in [2.45, 2.75) is 31.8 Å². The van der Waals surface area contributed by atoms with E-state index >= 15 is 0 Å². The quantitative estimate of drug-likeness (QED) is 0.516. The zero-order valence-corrected chi connectivity index (χ0v) is 16.2. The van der Waals surface area contributed by atoms with Crippen molar-refractivity contribution >= 4 is 5.65 Å². The van der Waals surface area contributed by atoms with Gasteiger partial charge in [-0.1, -0.05) is 24.6 Å². The summed E-state index contributed by atoms with van der Waals surface area (Å²) >= 11 is 0. The summed E-state index contributed by atoms with van der Waals surface area (Å²) < 4.78 is 21.5. The normalized spacial score (nSPS) is 17.4. The van der Waals surface area contributed by atoms with Crippen LogP contribution in [0.25, 0.3) is 17.1 Å². The number of fused-ring (bicyclic) bond motifs is 1. The first-order valence-electron chi connectivity index (χ1n) is 9.99. The van der Waals surface area contributed by atoms with Crippen molar-refractivity contribution < 1.29 is 8.81 Å². The summed E-state index contributed by atoms with van der Waals surface area (Å²) in [5, 5.41) is 8.27. The third kappa shape index (κ3) is 3.50. The van der Waals surface area contributed by atoms with Gasteiger partial charge in [-0.2, -0.15) is 0 Å². The molecule has 0 spiro atoms. The second kappa shape index (κ2) is 7.79. The molecular formula is C22H20FN5O2. The summed E-state index contributed by atoms with van der Waals surface area (Å²) in [6.07, 6.45) is 4.63. The third-order valence-corrected chi connectivity index (χ3v) is 5.43. The fourth-order valence-corrected chi connectivity index (χ4v) is 3.96. The molecule has 1 unspecified atom stereocenters. The van der Waals surface area contributed by atoms with Gasteiger partial charge in [0.1, 0.15) is 11.5 Å². The van der Waals surface area contributed by atoms with E-state index in [1.54, 1.807) is 36.5 Å². The van der Waals surface area contributed by atoms with Crippen LogP contribution >= 0.6 is 0 Å². The van der Waals surface area contributed by atoms with Crippen LogP contribution in [0.2, 0.25) is 0 Å². The van der Waals surface area contributed by atoms with E-state index in [1.165, 1.54) is 10.5 Å². The van der Waals surface area contributed by atoms with Gasteiger partial charge in [0, 0.05) is 18.8 Å². The Morgan fingerprint density at radius 3 is 2.87 bits per heavy atom. The summed E-state index contributed by atoms with van der Waals surface area (Å²) in [7, 11) is 0. The van der Waals surface area contributed by atoms with Gasteiger partial charge in [0.05, 0.1) is 17.3 Å². The molecule has 30 heavy (non-hydrogen) atoms. The summed E-state index contributed by atoms with van der Waals surface area (Å²) in [6, 6.07) is 13.3. The van der Waals surface area contributed by atoms with Crippen molar-refractivity contribution in [1.29, 1.82) is 0 Å². The highest BCUT2D eigenvalue weighted by Crippen LogP contribution is 2.33. The molecule has 0 radical (unpaired) electrons. The van der Waals surface area contributed by atoms with Gasteiger partial charge in [0.15, 0.2) is 0 Å². The van der Waals surface area contributed by atoms with E-state index in [0.717, 1.165) is 25.8 Å². The predicted octanol–water partition coefficient (Wildman–Crippen LogP) is 3.61. The maximum absolute atomic E-state index is 14.1. The van der Waals surface area contributed by atoms with E-state index in [1.807, 2.05) is 12.1 Å². The fraction of sp³-hybridized carbons (Fsp3) is 0.273. The Morgan fingerprint density at radius 1 is 1.10 bits per heavy atom. The van der Waals surface area contributed by atoms with Crippen LogP contribution in [-0.4, -0.2) is 31.0 Å². The molecule has 5 rings (SSSR count). The summed E-state index contributed by atoms with van der Waals surface area (Å²) in [5.41, 5.74) is 1.51. The Bertz CT molecular complexity index is 1250. The van der Waals surface area contributed by atoms with Gasteiger partial charge in [-0.3, -0.25) is 14.1 Å². The first-order valence-corrected chi connectivity index (χ1v) is 9.99. The highest BCUT2D eigenvalue weighted by atomic mass is 19.1. The lowest BCUT2D eigenvalue weighted by molar-refractivity contribution is 0.117. The average molecular weight is 405 g/mol. The first-order chi connectivity index (χ1) is 14.7. The molecule has 1 atom stereocenters. The van der Waals surface area contributed by atoms with Crippen molar-refractivity contribution in [2.75, 3.05) is 6.54 Å². The molecule has 0 bridgehead atoms. The van der Waals surface area contributed by atoms with Gasteiger partial charge >= 0.3 is 0 Å². The van der Waals surface area contributed by atoms with E-state index in [-0.39, 0.29) is 17.5 Å². The second-order valence-corrected chi connectivity index (χ2v) is 7.42. The molecule has 0 N–H and O–H groups in total. The zero-order chi connectivity index (χ0) is 20.5. The van der Waals surface area contributed by atoms with Crippen LogP contribution in [0.15, 0.2) is 63.9 Å². The summed E-state index contributed by atoms with van der Waals surface area (Å²) in [5.74, 6) is 0.246. The van der Waals surface area contributed by atoms with E-state index in [4.69, 9.17) is 4.42 Å². The number of pyridine rings is 1. The molecule has 0 aliphatic carbocycles. The van der Waals surface area contributed by atoms with Gasteiger partial charge in [0.2, 0.25) is 5.89 Å². The van der Waals surface area contributed by atoms with Crippen molar-refractivity contribution in [3.63, 3.8) is 0 Å². The second-order valence-electron chi connectivity index (χ2n) is 7.42. The molecule has 1 saturated heterocycles. The number of nitrogens with zero attached hydrogens (tertiary/aromatic N) is 5. The maximum atomic E-state index is 14.1. The Kier molecular flexibility index (Phi) is 4.84. The zero-order valence-electron chi connectivity index (χ0n) is 16.2. The molecule has 1 aromatic carbocycles. The molecule has 1 aliphatic heterocycles. The van der Waals surface area contributed by atoms with Crippen molar-refractivity contribution in [3.05, 3.63) is 82.5 Å². The van der Waals surface area contributed by atoms with Crippen LogP contribution in [0.3, 0.4) is 0 Å². The van der Waals surface area contributed by atoms with Crippen LogP contribution in [0, 0.1) is 5.82 Å². The Morgan fingerprint density at radius 2 is 1.97 bits per heavy atom. The third-order valence-electron chi connectivity index (χ3n) is 5.43. The van der Waals surface area contributed by atoms with Crippen LogP contribution in [0.4, 0.5) is 4.39 Å². The lowest BCUT2D eigenvalue weighted by Crippen LogP contribution is -2.34. The Balaban J connectivity index is 1.43. The first kappa shape index (κ1) is 18.6. The maximum Gasteiger partial charge on any atom is 0.258 e. The van der Waals surface area contributed by atoms with Crippen molar-refractivity contribution in [2.24, 2.45) is 0 Å². The Hall–Kier alpha value is -3.39. The number of rotatable bonds is 4. The number of halogens is 1. The molecule has 3 aromatic heterocycles. The van der Waals surface area contributed by atoms with E-state index < -0.39 is 5.82 Å². The topological polar surface area (TPSA) is 76.5 Å². The molecule has 7 nitrogen and oxygen atoms in total. The highest BCUT2D eigenvalue weighted by Gasteiger charge is 2.29. The summed E-state index contributed by atoms with van der Waals surface area (Å²) in [6.45, 7) is 1.33. The molecule has 1 fully saturated rings. The van der Waals surface area contributed by atoms with E-state index in [0.29, 0.717) is 29.3 Å². The number of hydrogen-bond donors (Lipinski definition) is 0. The molecule has 4 aromatic rings. The Labute approximate surface area is 171 Å². The highest BCUT2D eigenvalue weighted by molar-refractivity contribution is 5.53. The van der Waals surface area contributed by atoms with Gasteiger partial charge in [-0.15, -0.1) is 10.2 Å². The van der Waals surface area contributed by atoms with Crippen LogP contribution in [-0.2, 0) is 6.54 Å². The lowest BCUT2D eigenvalue weighted by Gasteiger charge is -2.33. The van der Waals surface area contributed by atoms with Gasteiger partial charge in [0.25, 0.3) is 11.4 Å². The van der Waals surface area contributed by atoms with Crippen molar-refractivity contribution in [1.82, 2.24) is 24.5 Å². The number of hydrogen-bond acceptors (Lipinski definition) is 6. The lowest BCUT2D eigenvalue weighted by atomic mass is 10.0. The van der Waals surface area contributed by atoms with Crippen LogP contribution in [0.1, 0.15) is 36.9 Å². The molecule has 0 saturated carbocycles.